The van der Waals surface area contributed by atoms with Crippen LogP contribution in [0.15, 0.2) is 110 Å². The largest absolute Gasteiger partial charge is 0.376 e. The molecule has 3 aromatic rings. The molecule has 1 aliphatic carbocycles. The van der Waals surface area contributed by atoms with Crippen molar-refractivity contribution in [3.63, 3.8) is 0 Å². The lowest BCUT2D eigenvalue weighted by Crippen LogP contribution is -2.27. The number of fused-ring (bicyclic) bond motifs is 1. The average molecular weight is 593 g/mol. The molecule has 0 saturated heterocycles. The number of hydrogen-bond donors (Lipinski definition) is 2. The fraction of sp³-hybridized carbons (Fsp3) is 0.282. The molecule has 0 unspecified atom stereocenters. The van der Waals surface area contributed by atoms with Crippen molar-refractivity contribution in [1.29, 1.82) is 0 Å². The Morgan fingerprint density at radius 1 is 0.977 bits per heavy atom. The molecule has 0 aliphatic heterocycles. The molecule has 4 nitrogen and oxygen atoms in total. The first-order valence-corrected chi connectivity index (χ1v) is 15.1. The molecule has 0 amide bonds. The van der Waals surface area contributed by atoms with E-state index in [4.69, 9.17) is 0 Å². The summed E-state index contributed by atoms with van der Waals surface area (Å²) in [5.74, 6) is 5.21. The summed E-state index contributed by atoms with van der Waals surface area (Å²) in [5.41, 5.74) is 5.74. The summed E-state index contributed by atoms with van der Waals surface area (Å²) in [6.07, 6.45) is 9.17. The van der Waals surface area contributed by atoms with Crippen LogP contribution in [0.1, 0.15) is 63.1 Å². The molecule has 44 heavy (non-hydrogen) atoms. The fourth-order valence-electron chi connectivity index (χ4n) is 4.33. The number of carbonyl (C=O) groups is 2. The Morgan fingerprint density at radius 2 is 1.66 bits per heavy atom. The van der Waals surface area contributed by atoms with E-state index >= 15 is 0 Å². The molecule has 3 aromatic carbocycles. The lowest BCUT2D eigenvalue weighted by Gasteiger charge is -2.23. The zero-order chi connectivity index (χ0) is 32.4. The number of ketones is 1. The third-order valence-electron chi connectivity index (χ3n) is 7.07. The molecular weight excluding hydrogens is 547 g/mol. The number of nitrogens with one attached hydrogen (secondary N) is 2. The van der Waals surface area contributed by atoms with Crippen LogP contribution in [0.4, 0.5) is 4.39 Å². The molecule has 230 valence electrons. The van der Waals surface area contributed by atoms with Gasteiger partial charge in [0.15, 0.2) is 12.1 Å². The molecule has 2 N–H and O–H groups in total. The van der Waals surface area contributed by atoms with E-state index in [0.29, 0.717) is 31.2 Å². The number of aryl methyl sites for hydroxylation is 1. The maximum Gasteiger partial charge on any atom is 0.194 e. The van der Waals surface area contributed by atoms with Crippen LogP contribution >= 0.6 is 0 Å². The first-order valence-electron chi connectivity index (χ1n) is 15.1. The molecule has 4 rings (SSSR count). The van der Waals surface area contributed by atoms with Crippen molar-refractivity contribution in [2.75, 3.05) is 13.6 Å². The summed E-state index contributed by atoms with van der Waals surface area (Å²) in [5, 5.41) is 9.25. The highest BCUT2D eigenvalue weighted by Crippen LogP contribution is 2.47. The number of carbonyl (C=O) groups excluding carboxylic acids is 2. The Hall–Kier alpha value is -4.53. The molecule has 1 aliphatic rings. The third kappa shape index (κ3) is 11.6. The van der Waals surface area contributed by atoms with Gasteiger partial charge in [0, 0.05) is 23.3 Å². The van der Waals surface area contributed by atoms with Crippen LogP contribution in [0.25, 0.3) is 16.5 Å². The van der Waals surface area contributed by atoms with Gasteiger partial charge in [-0.1, -0.05) is 113 Å². The predicted molar refractivity (Wildman–Crippen MR) is 184 cm³/mol. The van der Waals surface area contributed by atoms with Gasteiger partial charge in [0.1, 0.15) is 0 Å². The van der Waals surface area contributed by atoms with Gasteiger partial charge >= 0.3 is 0 Å². The van der Waals surface area contributed by atoms with Crippen molar-refractivity contribution in [1.82, 2.24) is 10.6 Å². The second kappa shape index (κ2) is 18.9. The summed E-state index contributed by atoms with van der Waals surface area (Å²) in [6.45, 7) is 14.3. The van der Waals surface area contributed by atoms with Gasteiger partial charge in [-0.05, 0) is 72.8 Å². The molecule has 0 heterocycles. The minimum Gasteiger partial charge on any atom is -0.376 e. The van der Waals surface area contributed by atoms with Gasteiger partial charge in [0.2, 0.25) is 0 Å². The first-order chi connectivity index (χ1) is 21.2. The maximum atomic E-state index is 12.6. The second-order valence-corrected chi connectivity index (χ2v) is 10.4. The Bertz CT molecular complexity index is 1550. The zero-order valence-electron chi connectivity index (χ0n) is 26.5. The lowest BCUT2D eigenvalue weighted by molar-refractivity contribution is -0.129. The van der Waals surface area contributed by atoms with Gasteiger partial charge in [-0.25, -0.2) is 4.39 Å². The number of aldehydes is 1. The van der Waals surface area contributed by atoms with Gasteiger partial charge in [-0.2, -0.15) is 0 Å². The second-order valence-electron chi connectivity index (χ2n) is 10.4. The molecule has 1 fully saturated rings. The van der Waals surface area contributed by atoms with E-state index < -0.39 is 0 Å². The Balaban J connectivity index is 0.000000287. The van der Waals surface area contributed by atoms with Crippen LogP contribution in [0.2, 0.25) is 0 Å². The van der Waals surface area contributed by atoms with E-state index in [1.807, 2.05) is 7.05 Å². The molecule has 5 heteroatoms. The van der Waals surface area contributed by atoms with E-state index in [1.165, 1.54) is 46.4 Å². The molecule has 0 spiro atoms. The van der Waals surface area contributed by atoms with E-state index in [0.717, 1.165) is 12.1 Å². The number of Topliss-reactive ketones (excluding diaryl/α,β-unsaturated/α-hetero) is 1. The van der Waals surface area contributed by atoms with Gasteiger partial charge in [-0.15, -0.1) is 0 Å². The van der Waals surface area contributed by atoms with E-state index in [1.54, 1.807) is 26.0 Å². The molecular formula is C39H45FN2O2. The highest BCUT2D eigenvalue weighted by molar-refractivity contribution is 6.24. The minimum atomic E-state index is -0.338. The summed E-state index contributed by atoms with van der Waals surface area (Å²) in [7, 11) is 1.83. The summed E-state index contributed by atoms with van der Waals surface area (Å²) in [4.78, 5) is 19.2. The standard InChI is InChI=1S/C23H23N.C12H16FN.C4H6O2/c1-3-18-8-6-7-11-22(18)17(2)24-23(14-15-23)21-13-12-19-9-4-5-10-20(19)16-21;1-4-12(13)9-5-7-11(2)8-6-10-14-3;1-2-4(6)3-5/h4-13,16,24H,2-3,14-15H2,1H3;5,7,9,14H,2,4,10H2,1,3H3;3H,2H2,1H3/b;7-5-,12-9+;. The fourth-order valence-corrected chi connectivity index (χ4v) is 4.33. The monoisotopic (exact) mass is 592 g/mol. The van der Waals surface area contributed by atoms with Crippen molar-refractivity contribution in [2.45, 2.75) is 58.4 Å². The average Bonchev–Trinajstić information content (AvgIpc) is 3.85. The van der Waals surface area contributed by atoms with Crippen LogP contribution in [-0.4, -0.2) is 25.7 Å². The number of benzene rings is 3. The number of hydrogen-bond acceptors (Lipinski definition) is 4. The molecule has 0 atom stereocenters. The van der Waals surface area contributed by atoms with Crippen molar-refractivity contribution in [3.8, 4) is 11.8 Å². The summed E-state index contributed by atoms with van der Waals surface area (Å²) in [6, 6.07) is 23.9. The van der Waals surface area contributed by atoms with Crippen molar-refractivity contribution < 1.29 is 14.0 Å². The quantitative estimate of drug-likeness (QED) is 0.102. The first kappa shape index (κ1) is 35.7. The summed E-state index contributed by atoms with van der Waals surface area (Å²) < 4.78 is 12.6. The SMILES string of the molecule is C=C(C#CCNC)/C=C\C=C(\F)CC.C=C(NC1(c2ccc3ccccc3c2)CC1)c1ccccc1CC.CCC(=O)C=O. The van der Waals surface area contributed by atoms with Crippen LogP contribution in [0.5, 0.6) is 0 Å². The predicted octanol–water partition coefficient (Wildman–Crippen LogP) is 8.40. The Kier molecular flexibility index (Phi) is 15.3. The maximum absolute atomic E-state index is 12.6. The molecule has 1 saturated carbocycles. The van der Waals surface area contributed by atoms with Crippen molar-refractivity contribution >= 4 is 28.5 Å². The van der Waals surface area contributed by atoms with Gasteiger partial charge in [-0.3, -0.25) is 9.59 Å². The van der Waals surface area contributed by atoms with Crippen LogP contribution in [0, 0.1) is 11.8 Å². The smallest absolute Gasteiger partial charge is 0.194 e. The van der Waals surface area contributed by atoms with Gasteiger partial charge < -0.3 is 10.6 Å². The van der Waals surface area contributed by atoms with E-state index in [2.05, 4.69) is 109 Å². The van der Waals surface area contributed by atoms with E-state index in [-0.39, 0.29) is 17.1 Å². The van der Waals surface area contributed by atoms with Crippen LogP contribution in [-0.2, 0) is 21.5 Å². The van der Waals surface area contributed by atoms with Crippen LogP contribution in [0.3, 0.4) is 0 Å². The van der Waals surface area contributed by atoms with Crippen molar-refractivity contribution in [3.05, 3.63) is 126 Å². The molecule has 0 bridgehead atoms. The highest BCUT2D eigenvalue weighted by Gasteiger charge is 2.44. The number of allylic oxidation sites excluding steroid dienone is 5. The topological polar surface area (TPSA) is 58.2 Å². The Labute approximate surface area is 262 Å². The van der Waals surface area contributed by atoms with Gasteiger partial charge in [0.25, 0.3) is 0 Å². The normalized spacial score (nSPS) is 12.9. The van der Waals surface area contributed by atoms with Crippen molar-refractivity contribution in [2.24, 2.45) is 0 Å². The lowest BCUT2D eigenvalue weighted by atomic mass is 9.98. The third-order valence-corrected chi connectivity index (χ3v) is 7.07. The van der Waals surface area contributed by atoms with Crippen LogP contribution < -0.4 is 10.6 Å². The van der Waals surface area contributed by atoms with E-state index in [9.17, 15) is 14.0 Å². The number of rotatable bonds is 11. The minimum absolute atomic E-state index is 0.0575. The Morgan fingerprint density at radius 3 is 2.25 bits per heavy atom. The number of halogens is 1. The zero-order valence-corrected chi connectivity index (χ0v) is 26.5. The highest BCUT2D eigenvalue weighted by atomic mass is 19.1. The van der Waals surface area contributed by atoms with Gasteiger partial charge in [0.05, 0.1) is 17.9 Å². The molecule has 0 aromatic heterocycles. The molecule has 0 radical (unpaired) electrons. The summed E-state index contributed by atoms with van der Waals surface area (Å²) >= 11 is 0.